The molecular weight excluding hydrogens is 813 g/mol. The Bertz CT molecular complexity index is 2380. The average Bonchev–Trinajstić information content (AvgIpc) is 3.15. The van der Waals surface area contributed by atoms with Crippen LogP contribution in [0.2, 0.25) is 0 Å². The number of nitrogens with one attached hydrogen (secondary N) is 2. The predicted octanol–water partition coefficient (Wildman–Crippen LogP) is 5.40. The van der Waals surface area contributed by atoms with Gasteiger partial charge in [0.15, 0.2) is 23.0 Å². The van der Waals surface area contributed by atoms with E-state index in [2.05, 4.69) is 31.1 Å². The summed E-state index contributed by atoms with van der Waals surface area (Å²) in [5.41, 5.74) is 0.298. The molecule has 0 aliphatic heterocycles. The van der Waals surface area contributed by atoms with Gasteiger partial charge in [-0.2, -0.15) is 15.3 Å². The number of benzene rings is 4. The van der Waals surface area contributed by atoms with Gasteiger partial charge in [-0.05, 0) is 62.7 Å². The maximum atomic E-state index is 12.5. The van der Waals surface area contributed by atoms with Crippen molar-refractivity contribution in [2.45, 2.75) is 37.8 Å². The molecule has 298 valence electrons. The van der Waals surface area contributed by atoms with Crippen molar-refractivity contribution in [3.05, 3.63) is 111 Å². The number of carbonyl (C=O) groups excluding carboxylic acids is 4. The second kappa shape index (κ2) is 22.0. The van der Waals surface area contributed by atoms with Crippen LogP contribution in [0.1, 0.15) is 19.4 Å². The molecule has 58 heavy (non-hydrogen) atoms. The number of non-ortho nitro benzene ring substituents is 1. The number of carbonyl (C=O) groups is 4. The zero-order chi connectivity index (χ0) is 42.4. The van der Waals surface area contributed by atoms with Gasteiger partial charge in [-0.1, -0.05) is 30.3 Å². The van der Waals surface area contributed by atoms with Crippen molar-refractivity contribution in [1.82, 2.24) is 0 Å². The van der Waals surface area contributed by atoms with E-state index in [4.69, 9.17) is 9.47 Å². The molecule has 0 aliphatic carbocycles. The molecule has 23 heteroatoms. The van der Waals surface area contributed by atoms with Crippen molar-refractivity contribution in [2.24, 2.45) is 20.5 Å². The van der Waals surface area contributed by atoms with Crippen LogP contribution < -0.4 is 20.1 Å². The van der Waals surface area contributed by atoms with Gasteiger partial charge in [0, 0.05) is 17.8 Å². The van der Waals surface area contributed by atoms with E-state index in [0.29, 0.717) is 23.2 Å². The van der Waals surface area contributed by atoms with Crippen LogP contribution in [0.25, 0.3) is 0 Å². The molecule has 2 atom stereocenters. The van der Waals surface area contributed by atoms with Crippen molar-refractivity contribution in [3.8, 4) is 11.5 Å². The van der Waals surface area contributed by atoms with Gasteiger partial charge in [0.25, 0.3) is 23.2 Å². The second-order valence-corrected chi connectivity index (χ2v) is 12.8. The normalized spacial score (nSPS) is 11.9. The summed E-state index contributed by atoms with van der Waals surface area (Å²) in [6.07, 6.45) is 0. The molecule has 0 heterocycles. The van der Waals surface area contributed by atoms with E-state index in [0.717, 1.165) is 24.6 Å². The van der Waals surface area contributed by atoms with Crippen molar-refractivity contribution in [3.63, 3.8) is 0 Å². The molecule has 4 aromatic rings. The fourth-order valence-electron chi connectivity index (χ4n) is 4.49. The summed E-state index contributed by atoms with van der Waals surface area (Å²) in [5.74, 6) is -2.17. The van der Waals surface area contributed by atoms with Crippen molar-refractivity contribution in [2.75, 3.05) is 24.9 Å². The molecule has 21 nitrogen and oxygen atoms in total. The number of methoxy groups -OCH3 is 2. The van der Waals surface area contributed by atoms with Gasteiger partial charge >= 0.3 is 37.7 Å². The molecule has 0 bridgehead atoms. The van der Waals surface area contributed by atoms with Crippen molar-refractivity contribution in [1.29, 1.82) is 0 Å². The first kappa shape index (κ1) is 48.1. The minimum atomic E-state index is -4.92. The van der Waals surface area contributed by atoms with Gasteiger partial charge in [0.2, 0.25) is 12.1 Å². The fourth-order valence-corrected chi connectivity index (χ4v) is 4.98. The first-order valence-electron chi connectivity index (χ1n) is 16.1. The molecule has 0 aromatic heterocycles. The number of ketones is 2. The molecular formula is C35H33CaN8O13S+. The number of hydrogen-bond donors (Lipinski definition) is 2. The predicted molar refractivity (Wildman–Crippen MR) is 206 cm³/mol. The number of nitro groups is 2. The Balaban J connectivity index is 0.000000394. The Kier molecular flexibility index (Phi) is 18.3. The van der Waals surface area contributed by atoms with Crippen molar-refractivity contribution >= 4 is 105 Å². The first-order chi connectivity index (χ1) is 26.9. The number of aryl methyl sites for hydroxylation is 1. The first-order valence-corrected chi connectivity index (χ1v) is 17.5. The maximum absolute atomic E-state index is 12.5. The van der Waals surface area contributed by atoms with Crippen LogP contribution in [0, 0.1) is 27.2 Å². The number of nitrogens with zero attached hydrogens (tertiary/aromatic N) is 6. The number of amides is 2. The number of hydrogen-bond acceptors (Lipinski definition) is 17. The number of anilines is 2. The molecule has 0 aliphatic rings. The molecule has 0 spiro atoms. The zero-order valence-corrected chi connectivity index (χ0v) is 34.4. The maximum Gasteiger partial charge on any atom is 2.00 e. The summed E-state index contributed by atoms with van der Waals surface area (Å²) >= 11 is 0. The van der Waals surface area contributed by atoms with Gasteiger partial charge in [0.1, 0.15) is 21.6 Å². The minimum Gasteiger partial charge on any atom is -0.744 e. The van der Waals surface area contributed by atoms with Gasteiger partial charge < -0.3 is 24.7 Å². The third kappa shape index (κ3) is 13.5. The number of nitro benzene ring substituents is 2. The third-order valence-corrected chi connectivity index (χ3v) is 8.23. The molecule has 2 amide bonds. The monoisotopic (exact) mass is 845 g/mol. The topological polar surface area (TPSA) is 304 Å². The number of azo groups is 2. The van der Waals surface area contributed by atoms with Gasteiger partial charge in [-0.15, -0.1) is 5.11 Å². The van der Waals surface area contributed by atoms with Gasteiger partial charge in [-0.3, -0.25) is 39.4 Å². The molecule has 2 unspecified atom stereocenters. The summed E-state index contributed by atoms with van der Waals surface area (Å²) in [6, 6.07) is 16.5. The van der Waals surface area contributed by atoms with E-state index in [1.54, 1.807) is 55.5 Å². The Labute approximate surface area is 360 Å². The molecule has 0 fully saturated rings. The number of Topliss-reactive ketones (excluding diaryl/α,β-unsaturated/α-hetero) is 2. The van der Waals surface area contributed by atoms with Gasteiger partial charge in [-0.25, -0.2) is 8.42 Å². The summed E-state index contributed by atoms with van der Waals surface area (Å²) < 4.78 is 43.3. The summed E-state index contributed by atoms with van der Waals surface area (Å²) in [7, 11) is -2.15. The molecule has 0 radical (unpaired) electrons. The number of rotatable bonds is 15. The molecule has 2 N–H and O–H groups in total. The van der Waals surface area contributed by atoms with Crippen LogP contribution in [-0.2, 0) is 29.3 Å². The number of ether oxygens (including phenoxy) is 2. The van der Waals surface area contributed by atoms with E-state index >= 15 is 0 Å². The molecule has 0 saturated heterocycles. The van der Waals surface area contributed by atoms with Crippen LogP contribution in [-0.4, -0.2) is 110 Å². The van der Waals surface area contributed by atoms with E-state index in [-0.39, 0.29) is 54.9 Å². The van der Waals surface area contributed by atoms with E-state index in [9.17, 15) is 52.4 Å². The van der Waals surface area contributed by atoms with E-state index in [1.165, 1.54) is 39.3 Å². The average molecular weight is 846 g/mol. The summed E-state index contributed by atoms with van der Waals surface area (Å²) in [4.78, 5) is 68.2. The Hall–Kier alpha value is -6.07. The number of para-hydroxylation sites is 3. The van der Waals surface area contributed by atoms with Crippen LogP contribution in [0.4, 0.5) is 34.1 Å². The third-order valence-electron chi connectivity index (χ3n) is 7.40. The van der Waals surface area contributed by atoms with Crippen molar-refractivity contribution < 1.29 is 51.5 Å². The molecule has 4 aromatic carbocycles. The molecule has 0 saturated carbocycles. The second-order valence-electron chi connectivity index (χ2n) is 11.4. The zero-order valence-electron chi connectivity index (χ0n) is 31.3. The summed E-state index contributed by atoms with van der Waals surface area (Å²) in [5, 5.41) is 41.9. The Morgan fingerprint density at radius 3 is 1.69 bits per heavy atom. The standard InChI is InChI=1S/C18H18N4O6.C17H16N4O7S.Ca/c1-11(23)17(18(24)19-13-6-4-5-7-15(13)27-2)21-20-14-9-8-12(22(25)26)10-16(14)28-3;1-10-5-3-4-6-13(10)18-17(23)16(11(2)22)20-19-14-8-7-12(29(26,27)28)9-15(14)21(24)25;/h4-10,17H,1-3H3,(H,19,24);3-9,16H,1-2H3,(H,18,23)(H,26,27,28);/q;;+2/p-1. The smallest absolute Gasteiger partial charge is 0.744 e. The quantitative estimate of drug-likeness (QED) is 0.0379. The Morgan fingerprint density at radius 2 is 1.19 bits per heavy atom. The minimum absolute atomic E-state index is 0. The van der Waals surface area contributed by atoms with Gasteiger partial charge in [0.05, 0.1) is 40.7 Å². The van der Waals surface area contributed by atoms with E-state index in [1.807, 2.05) is 0 Å². The summed E-state index contributed by atoms with van der Waals surface area (Å²) in [6.45, 7) is 4.05. The Morgan fingerprint density at radius 1 is 0.690 bits per heavy atom. The van der Waals surface area contributed by atoms with Crippen LogP contribution in [0.15, 0.2) is 110 Å². The van der Waals surface area contributed by atoms with Crippen LogP contribution in [0.5, 0.6) is 11.5 Å². The SMILES string of the molecule is CC(=O)C(N=Nc1ccc(S(=O)(=O)[O-])cc1[N+](=O)[O-])C(=O)Nc1ccccc1C.COc1cc([N+](=O)[O-])ccc1N=NC(C(C)=O)C(=O)Nc1ccccc1OC.[Ca+2]. The van der Waals surface area contributed by atoms with Crippen LogP contribution in [0.3, 0.4) is 0 Å². The van der Waals surface area contributed by atoms with Crippen LogP contribution >= 0.6 is 0 Å². The molecule has 4 rings (SSSR count). The fraction of sp³-hybridized carbons (Fsp3) is 0.200. The van der Waals surface area contributed by atoms with E-state index < -0.39 is 71.7 Å². The largest absolute Gasteiger partial charge is 2.00 e.